The first-order valence-electron chi connectivity index (χ1n) is 8.63. The average molecular weight is 452 g/mol. The second-order valence-electron chi connectivity index (χ2n) is 6.65. The Morgan fingerprint density at radius 3 is 2.26 bits per heavy atom. The number of rotatable bonds is 4. The van der Waals surface area contributed by atoms with E-state index in [9.17, 15) is 13.2 Å². The summed E-state index contributed by atoms with van der Waals surface area (Å²) in [7, 11) is -1.52. The number of piperazine rings is 1. The molecule has 0 saturated carbocycles. The van der Waals surface area contributed by atoms with Crippen molar-refractivity contribution in [1.29, 1.82) is 0 Å². The SMILES string of the molecule is Cc1cc(Br)ccc1C(=O)Nc1ccc(S(=O)(=O)N2CCN(C)CC2)cc1. The van der Waals surface area contributed by atoms with Crippen LogP contribution in [-0.4, -0.2) is 56.8 Å². The first-order valence-corrected chi connectivity index (χ1v) is 10.9. The van der Waals surface area contributed by atoms with Crippen molar-refractivity contribution in [1.82, 2.24) is 9.21 Å². The number of halogens is 1. The molecule has 1 N–H and O–H groups in total. The minimum absolute atomic E-state index is 0.227. The average Bonchev–Trinajstić information content (AvgIpc) is 2.62. The van der Waals surface area contributed by atoms with E-state index >= 15 is 0 Å². The Labute approximate surface area is 168 Å². The molecule has 2 aromatic rings. The van der Waals surface area contributed by atoms with Gasteiger partial charge < -0.3 is 10.2 Å². The van der Waals surface area contributed by atoms with Crippen molar-refractivity contribution >= 4 is 37.5 Å². The number of hydrogen-bond acceptors (Lipinski definition) is 4. The lowest BCUT2D eigenvalue weighted by molar-refractivity contribution is 0.102. The van der Waals surface area contributed by atoms with Gasteiger partial charge in [-0.2, -0.15) is 4.31 Å². The highest BCUT2D eigenvalue weighted by atomic mass is 79.9. The fourth-order valence-corrected chi connectivity index (χ4v) is 4.87. The maximum Gasteiger partial charge on any atom is 0.255 e. The molecule has 8 heteroatoms. The molecule has 0 unspecified atom stereocenters. The molecular weight excluding hydrogens is 430 g/mol. The third-order valence-corrected chi connectivity index (χ3v) is 7.05. The predicted molar refractivity (Wildman–Crippen MR) is 110 cm³/mol. The number of nitrogens with zero attached hydrogens (tertiary/aromatic N) is 2. The van der Waals surface area contributed by atoms with Crippen molar-refractivity contribution in [3.8, 4) is 0 Å². The fraction of sp³-hybridized carbons (Fsp3) is 0.316. The summed E-state index contributed by atoms with van der Waals surface area (Å²) in [5.41, 5.74) is 1.99. The van der Waals surface area contributed by atoms with Gasteiger partial charge in [0, 0.05) is 41.9 Å². The van der Waals surface area contributed by atoms with Gasteiger partial charge in [0.1, 0.15) is 0 Å². The van der Waals surface area contributed by atoms with Gasteiger partial charge in [0.05, 0.1) is 4.90 Å². The molecule has 1 fully saturated rings. The van der Waals surface area contributed by atoms with E-state index in [1.54, 1.807) is 18.2 Å². The molecule has 1 aliphatic rings. The number of sulfonamides is 1. The Hall–Kier alpha value is -1.74. The molecule has 0 spiro atoms. The van der Waals surface area contributed by atoms with Crippen molar-refractivity contribution < 1.29 is 13.2 Å². The molecule has 27 heavy (non-hydrogen) atoms. The Kier molecular flexibility index (Phi) is 6.00. The number of nitrogens with one attached hydrogen (secondary N) is 1. The van der Waals surface area contributed by atoms with Crippen molar-refractivity contribution in [2.45, 2.75) is 11.8 Å². The minimum Gasteiger partial charge on any atom is -0.322 e. The van der Waals surface area contributed by atoms with E-state index < -0.39 is 10.0 Å². The topological polar surface area (TPSA) is 69.7 Å². The fourth-order valence-electron chi connectivity index (χ4n) is 2.97. The summed E-state index contributed by atoms with van der Waals surface area (Å²) in [5.74, 6) is -0.227. The number of carbonyl (C=O) groups excluding carboxylic acids is 1. The van der Waals surface area contributed by atoms with Gasteiger partial charge in [0.25, 0.3) is 5.91 Å². The second-order valence-corrected chi connectivity index (χ2v) is 9.50. The van der Waals surface area contributed by atoms with E-state index in [1.165, 1.54) is 16.4 Å². The predicted octanol–water partition coefficient (Wildman–Crippen LogP) is 2.95. The van der Waals surface area contributed by atoms with Gasteiger partial charge in [0.15, 0.2) is 0 Å². The van der Waals surface area contributed by atoms with Crippen LogP contribution in [0.3, 0.4) is 0 Å². The number of likely N-dealkylation sites (N-methyl/N-ethyl adjacent to an activating group) is 1. The Morgan fingerprint density at radius 1 is 1.04 bits per heavy atom. The quantitative estimate of drug-likeness (QED) is 0.775. The molecule has 0 radical (unpaired) electrons. The van der Waals surface area contributed by atoms with Gasteiger partial charge in [-0.05, 0) is 62.0 Å². The molecule has 1 saturated heterocycles. The van der Waals surface area contributed by atoms with Gasteiger partial charge in [-0.3, -0.25) is 4.79 Å². The smallest absolute Gasteiger partial charge is 0.255 e. The van der Waals surface area contributed by atoms with Crippen LogP contribution in [0.2, 0.25) is 0 Å². The van der Waals surface area contributed by atoms with Crippen LogP contribution < -0.4 is 5.32 Å². The summed E-state index contributed by atoms with van der Waals surface area (Å²) in [6.07, 6.45) is 0. The van der Waals surface area contributed by atoms with Crippen LogP contribution in [0.25, 0.3) is 0 Å². The molecule has 0 bridgehead atoms. The first-order chi connectivity index (χ1) is 12.8. The Morgan fingerprint density at radius 2 is 1.67 bits per heavy atom. The van der Waals surface area contributed by atoms with E-state index in [4.69, 9.17) is 0 Å². The third-order valence-electron chi connectivity index (χ3n) is 4.65. The molecule has 0 atom stereocenters. The molecule has 0 aromatic heterocycles. The number of hydrogen-bond donors (Lipinski definition) is 1. The maximum atomic E-state index is 12.7. The van der Waals surface area contributed by atoms with E-state index in [0.29, 0.717) is 24.3 Å². The molecule has 2 aromatic carbocycles. The van der Waals surface area contributed by atoms with Gasteiger partial charge in [0.2, 0.25) is 10.0 Å². The standard InChI is InChI=1S/C19H22BrN3O3S/c1-14-13-15(20)3-8-18(14)19(24)21-16-4-6-17(7-5-16)27(25,26)23-11-9-22(2)10-12-23/h3-8,13H,9-12H2,1-2H3,(H,21,24). The molecule has 144 valence electrons. The zero-order chi connectivity index (χ0) is 19.6. The van der Waals surface area contributed by atoms with Crippen molar-refractivity contribution in [2.24, 2.45) is 0 Å². The highest BCUT2D eigenvalue weighted by molar-refractivity contribution is 9.10. The number of benzene rings is 2. The van der Waals surface area contributed by atoms with Crippen LogP contribution in [0.5, 0.6) is 0 Å². The molecular formula is C19H22BrN3O3S. The largest absolute Gasteiger partial charge is 0.322 e. The van der Waals surface area contributed by atoms with Crippen LogP contribution in [0.1, 0.15) is 15.9 Å². The number of aryl methyl sites for hydroxylation is 1. The van der Waals surface area contributed by atoms with Crippen LogP contribution >= 0.6 is 15.9 Å². The van der Waals surface area contributed by atoms with E-state index in [-0.39, 0.29) is 10.8 Å². The zero-order valence-electron chi connectivity index (χ0n) is 15.3. The van der Waals surface area contributed by atoms with Crippen molar-refractivity contribution in [3.63, 3.8) is 0 Å². The summed E-state index contributed by atoms with van der Waals surface area (Å²) in [6.45, 7) is 4.28. The molecule has 0 aliphatic carbocycles. The summed E-state index contributed by atoms with van der Waals surface area (Å²) < 4.78 is 27.9. The normalized spacial score (nSPS) is 16.3. The van der Waals surface area contributed by atoms with E-state index in [0.717, 1.165) is 23.1 Å². The Balaban J connectivity index is 1.72. The first kappa shape index (κ1) is 20.0. The maximum absolute atomic E-state index is 12.7. The van der Waals surface area contributed by atoms with Crippen LogP contribution in [0.15, 0.2) is 51.8 Å². The number of anilines is 1. The monoisotopic (exact) mass is 451 g/mol. The summed E-state index contributed by atoms with van der Waals surface area (Å²) in [6, 6.07) is 11.8. The minimum atomic E-state index is -3.51. The highest BCUT2D eigenvalue weighted by Gasteiger charge is 2.27. The Bertz CT molecular complexity index is 937. The number of carbonyl (C=O) groups is 1. The molecule has 3 rings (SSSR count). The summed E-state index contributed by atoms with van der Waals surface area (Å²) in [5, 5.41) is 2.81. The van der Waals surface area contributed by atoms with Crippen molar-refractivity contribution in [2.75, 3.05) is 38.5 Å². The molecule has 1 aliphatic heterocycles. The lowest BCUT2D eigenvalue weighted by Gasteiger charge is -2.31. The molecule has 6 nitrogen and oxygen atoms in total. The highest BCUT2D eigenvalue weighted by Crippen LogP contribution is 2.21. The van der Waals surface area contributed by atoms with E-state index in [2.05, 4.69) is 26.1 Å². The van der Waals surface area contributed by atoms with Crippen LogP contribution in [0.4, 0.5) is 5.69 Å². The second kappa shape index (κ2) is 8.10. The van der Waals surface area contributed by atoms with E-state index in [1.807, 2.05) is 26.1 Å². The van der Waals surface area contributed by atoms with Gasteiger partial charge >= 0.3 is 0 Å². The lowest BCUT2D eigenvalue weighted by Crippen LogP contribution is -2.46. The third kappa shape index (κ3) is 4.57. The van der Waals surface area contributed by atoms with Gasteiger partial charge in [-0.25, -0.2) is 8.42 Å². The summed E-state index contributed by atoms with van der Waals surface area (Å²) >= 11 is 3.38. The summed E-state index contributed by atoms with van der Waals surface area (Å²) in [4.78, 5) is 14.8. The van der Waals surface area contributed by atoms with Gasteiger partial charge in [-0.1, -0.05) is 15.9 Å². The van der Waals surface area contributed by atoms with Crippen LogP contribution in [-0.2, 0) is 10.0 Å². The van der Waals surface area contributed by atoms with Gasteiger partial charge in [-0.15, -0.1) is 0 Å². The molecule has 1 amide bonds. The number of amides is 1. The van der Waals surface area contributed by atoms with Crippen LogP contribution in [0, 0.1) is 6.92 Å². The van der Waals surface area contributed by atoms with Crippen molar-refractivity contribution in [3.05, 3.63) is 58.1 Å². The molecule has 1 heterocycles. The zero-order valence-corrected chi connectivity index (χ0v) is 17.7. The lowest BCUT2D eigenvalue weighted by atomic mass is 10.1.